The standard InChI is InChI=1S/C21H16F3N3O3/c22-21(23,24)30-16-5-2-14(3-6-16)15-4-7-18-17(12-15)20(28)27(10-11-29-18)13-19-25-8-1-9-26-19/h1-9,12H,10-11,13H2/i1D,4D,7D,8D,9D,10D2,11D2,12D,13D2. The van der Waals surface area contributed by atoms with Crippen molar-refractivity contribution in [1.82, 2.24) is 14.9 Å². The molecule has 0 aliphatic carbocycles. The summed E-state index contributed by atoms with van der Waals surface area (Å²) in [6.07, 6.45) is -6.97. The van der Waals surface area contributed by atoms with Crippen molar-refractivity contribution in [3.05, 3.63) is 72.2 Å². The second-order valence-electron chi connectivity index (χ2n) is 5.49. The van der Waals surface area contributed by atoms with E-state index in [1.54, 1.807) is 0 Å². The summed E-state index contributed by atoms with van der Waals surface area (Å²) in [6.45, 7) is -11.0. The van der Waals surface area contributed by atoms with Gasteiger partial charge in [-0.25, -0.2) is 9.97 Å². The molecule has 2 aromatic carbocycles. The Morgan fingerprint density at radius 2 is 1.93 bits per heavy atom. The lowest BCUT2D eigenvalue weighted by atomic mass is 10.0. The van der Waals surface area contributed by atoms with Gasteiger partial charge in [-0.05, 0) is 41.4 Å². The van der Waals surface area contributed by atoms with Crippen molar-refractivity contribution < 1.29 is 43.9 Å². The van der Waals surface area contributed by atoms with E-state index in [-0.39, 0.29) is 10.5 Å². The molecule has 3 aromatic rings. The molecule has 30 heavy (non-hydrogen) atoms. The molecule has 1 aliphatic heterocycles. The molecule has 0 radical (unpaired) electrons. The zero-order chi connectivity index (χ0) is 31.7. The van der Waals surface area contributed by atoms with Gasteiger partial charge in [-0.15, -0.1) is 13.2 Å². The van der Waals surface area contributed by atoms with Gasteiger partial charge in [-0.3, -0.25) is 4.79 Å². The number of carbonyl (C=O) groups excluding carboxylic acids is 1. The first-order chi connectivity index (χ1) is 19.1. The Bertz CT molecular complexity index is 1580. The van der Waals surface area contributed by atoms with Crippen LogP contribution in [0.2, 0.25) is 0 Å². The molecule has 154 valence electrons. The smallest absolute Gasteiger partial charge is 0.491 e. The number of alkyl halides is 3. The first-order valence-corrected chi connectivity index (χ1v) is 7.97. The van der Waals surface area contributed by atoms with Crippen molar-refractivity contribution >= 4 is 5.91 Å². The number of hydrogen-bond donors (Lipinski definition) is 0. The van der Waals surface area contributed by atoms with Gasteiger partial charge in [-0.2, -0.15) is 0 Å². The second kappa shape index (κ2) is 8.02. The summed E-state index contributed by atoms with van der Waals surface area (Å²) in [5.74, 6) is -4.73. The number of aromatic nitrogens is 2. The topological polar surface area (TPSA) is 64.6 Å². The highest BCUT2D eigenvalue weighted by Crippen LogP contribution is 2.31. The molecule has 0 fully saturated rings. The third-order valence-corrected chi connectivity index (χ3v) is 3.53. The van der Waals surface area contributed by atoms with E-state index in [4.69, 9.17) is 21.2 Å². The van der Waals surface area contributed by atoms with Crippen molar-refractivity contribution in [3.63, 3.8) is 0 Å². The van der Waals surface area contributed by atoms with E-state index in [1.165, 1.54) is 0 Å². The van der Waals surface area contributed by atoms with Gasteiger partial charge >= 0.3 is 6.36 Å². The van der Waals surface area contributed by atoms with Gasteiger partial charge in [0.15, 0.2) is 0 Å². The van der Waals surface area contributed by atoms with E-state index < -0.39 is 96.8 Å². The lowest BCUT2D eigenvalue weighted by Gasteiger charge is -2.19. The van der Waals surface area contributed by atoms with Gasteiger partial charge in [0.25, 0.3) is 5.91 Å². The maximum absolute atomic E-state index is 13.9. The third-order valence-electron chi connectivity index (χ3n) is 3.53. The minimum Gasteiger partial charge on any atom is -0.491 e. The largest absolute Gasteiger partial charge is 0.573 e. The number of hydrogen-bond acceptors (Lipinski definition) is 5. The fourth-order valence-electron chi connectivity index (χ4n) is 2.31. The predicted octanol–water partition coefficient (Wildman–Crippen LogP) is 4.08. The van der Waals surface area contributed by atoms with Crippen LogP contribution in [0.15, 0.2) is 60.8 Å². The van der Waals surface area contributed by atoms with E-state index >= 15 is 0 Å². The highest BCUT2D eigenvalue weighted by Gasteiger charge is 2.31. The molecular formula is C21H16F3N3O3. The van der Waals surface area contributed by atoms with Crippen LogP contribution in [0.25, 0.3) is 11.1 Å². The first-order valence-electron chi connectivity index (χ1n) is 14.0. The number of amides is 1. The van der Waals surface area contributed by atoms with Gasteiger partial charge in [0, 0.05) is 12.3 Å². The van der Waals surface area contributed by atoms with Crippen LogP contribution in [0.4, 0.5) is 13.2 Å². The van der Waals surface area contributed by atoms with Gasteiger partial charge in [-0.1, -0.05) is 18.2 Å². The zero-order valence-electron chi connectivity index (χ0n) is 26.5. The molecule has 0 bridgehead atoms. The fourth-order valence-corrected chi connectivity index (χ4v) is 2.31. The Kier molecular flexibility index (Phi) is 2.65. The summed E-state index contributed by atoms with van der Waals surface area (Å²) in [6, 6.07) is -0.108. The summed E-state index contributed by atoms with van der Waals surface area (Å²) >= 11 is 0. The minimum atomic E-state index is -5.03. The van der Waals surface area contributed by atoms with Gasteiger partial charge in [0.2, 0.25) is 0 Å². The molecule has 0 unspecified atom stereocenters. The summed E-state index contributed by atoms with van der Waals surface area (Å²) < 4.78 is 145. The van der Waals surface area contributed by atoms with Crippen molar-refractivity contribution in [1.29, 1.82) is 0 Å². The molecule has 0 saturated carbocycles. The maximum atomic E-state index is 13.9. The molecular weight excluding hydrogens is 399 g/mol. The van der Waals surface area contributed by atoms with Crippen molar-refractivity contribution in [2.24, 2.45) is 0 Å². The SMILES string of the molecule is [2H]c1nc(C([2H])([2H])N2C(=O)c3c([2H])c(-c4ccc(OC(F)(F)F)cc4)c([2H])c([2H])c3OC([2H])([2H])C2([2H])[2H])nc([2H])c1[2H]. The average molecular weight is 427 g/mol. The summed E-state index contributed by atoms with van der Waals surface area (Å²) in [5.41, 5.74) is -1.81. The summed E-state index contributed by atoms with van der Waals surface area (Å²) in [7, 11) is 0. The van der Waals surface area contributed by atoms with Crippen molar-refractivity contribution in [2.45, 2.75) is 12.9 Å². The van der Waals surface area contributed by atoms with E-state index in [9.17, 15) is 18.0 Å². The Hall–Kier alpha value is -3.62. The Labute approximate surface area is 186 Å². The zero-order valence-corrected chi connectivity index (χ0v) is 14.5. The Morgan fingerprint density at radius 3 is 2.63 bits per heavy atom. The van der Waals surface area contributed by atoms with Crippen LogP contribution in [-0.2, 0) is 6.50 Å². The van der Waals surface area contributed by atoms with E-state index in [0.29, 0.717) is 0 Å². The number of nitrogens with zero attached hydrogens (tertiary/aromatic N) is 3. The van der Waals surface area contributed by atoms with E-state index in [0.717, 1.165) is 24.3 Å². The third kappa shape index (κ3) is 4.51. The van der Waals surface area contributed by atoms with Crippen LogP contribution < -0.4 is 9.47 Å². The molecule has 1 aliphatic rings. The van der Waals surface area contributed by atoms with Gasteiger partial charge in [0.05, 0.1) is 35.0 Å². The molecule has 2 heterocycles. The number of benzene rings is 2. The van der Waals surface area contributed by atoms with E-state index in [1.807, 2.05) is 0 Å². The Balaban J connectivity index is 1.98. The molecule has 0 atom stereocenters. The van der Waals surface area contributed by atoms with Crippen LogP contribution in [-0.4, -0.2) is 40.2 Å². The number of halogens is 3. The molecule has 4 rings (SSSR count). The van der Waals surface area contributed by atoms with Gasteiger partial charge < -0.3 is 14.4 Å². The molecule has 1 aromatic heterocycles. The molecule has 9 heteroatoms. The summed E-state index contributed by atoms with van der Waals surface area (Å²) in [5, 5.41) is 0. The van der Waals surface area contributed by atoms with Crippen molar-refractivity contribution in [2.75, 3.05) is 13.1 Å². The fraction of sp³-hybridized carbons (Fsp3) is 0.190. The van der Waals surface area contributed by atoms with Gasteiger partial charge in [0.1, 0.15) is 23.9 Å². The molecule has 0 saturated heterocycles. The quantitative estimate of drug-likeness (QED) is 0.628. The highest BCUT2D eigenvalue weighted by molar-refractivity contribution is 5.98. The molecule has 6 nitrogen and oxygen atoms in total. The highest BCUT2D eigenvalue weighted by atomic mass is 19.4. The average Bonchev–Trinajstić information content (AvgIpc) is 2.91. The lowest BCUT2D eigenvalue weighted by molar-refractivity contribution is -0.274. The maximum Gasteiger partial charge on any atom is 0.573 e. The number of carbonyl (C=O) groups is 1. The van der Waals surface area contributed by atoms with Crippen LogP contribution in [0.3, 0.4) is 0 Å². The van der Waals surface area contributed by atoms with Crippen LogP contribution in [0.1, 0.15) is 32.6 Å². The van der Waals surface area contributed by atoms with E-state index in [2.05, 4.69) is 14.7 Å². The lowest BCUT2D eigenvalue weighted by Crippen LogP contribution is -2.32. The monoisotopic (exact) mass is 427 g/mol. The van der Waals surface area contributed by atoms with Crippen LogP contribution in [0.5, 0.6) is 11.5 Å². The first kappa shape index (κ1) is 9.92. The number of rotatable bonds is 4. The van der Waals surface area contributed by atoms with Crippen LogP contribution >= 0.6 is 0 Å². The predicted molar refractivity (Wildman–Crippen MR) is 101 cm³/mol. The molecule has 0 spiro atoms. The number of ether oxygens (including phenoxy) is 2. The normalized spacial score (nSPS) is 23.6. The molecule has 0 N–H and O–H groups in total. The Morgan fingerprint density at radius 1 is 1.20 bits per heavy atom. The minimum absolute atomic E-state index is 0.180. The number of fused-ring (bicyclic) bond motifs is 1. The van der Waals surface area contributed by atoms with Crippen molar-refractivity contribution in [3.8, 4) is 22.6 Å². The second-order valence-corrected chi connectivity index (χ2v) is 5.49. The molecule has 1 amide bonds. The van der Waals surface area contributed by atoms with Crippen LogP contribution in [0, 0.1) is 0 Å². The summed E-state index contributed by atoms with van der Waals surface area (Å²) in [4.78, 5) is 20.3.